The van der Waals surface area contributed by atoms with E-state index < -0.39 is 0 Å². The zero-order valence-corrected chi connectivity index (χ0v) is 18.3. The molecule has 7 heteroatoms. The van der Waals surface area contributed by atoms with Crippen molar-refractivity contribution in [1.29, 1.82) is 0 Å². The molecule has 1 fully saturated rings. The highest BCUT2D eigenvalue weighted by atomic mass is 35.5. The fourth-order valence-electron chi connectivity index (χ4n) is 3.61. The number of halogens is 1. The predicted molar refractivity (Wildman–Crippen MR) is 122 cm³/mol. The smallest absolute Gasteiger partial charge is 0.252 e. The Morgan fingerprint density at radius 2 is 1.83 bits per heavy atom. The monoisotopic (exact) mass is 428 g/mol. The Morgan fingerprint density at radius 1 is 1.10 bits per heavy atom. The predicted octanol–water partition coefficient (Wildman–Crippen LogP) is 4.12. The van der Waals surface area contributed by atoms with E-state index in [2.05, 4.69) is 41.1 Å². The van der Waals surface area contributed by atoms with Crippen molar-refractivity contribution in [1.82, 2.24) is 15.2 Å². The molecule has 0 spiro atoms. The summed E-state index contributed by atoms with van der Waals surface area (Å²) in [4.78, 5) is 21.9. The zero-order valence-electron chi connectivity index (χ0n) is 16.7. The molecule has 1 saturated heterocycles. The van der Waals surface area contributed by atoms with Crippen molar-refractivity contribution in [3.63, 3.8) is 0 Å². The molecule has 0 bridgehead atoms. The molecule has 0 saturated carbocycles. The van der Waals surface area contributed by atoms with Crippen molar-refractivity contribution in [3.05, 3.63) is 58.1 Å². The normalized spacial score (nSPS) is 15.1. The third-order valence-electron chi connectivity index (χ3n) is 5.41. The van der Waals surface area contributed by atoms with Gasteiger partial charge in [0.2, 0.25) is 0 Å². The summed E-state index contributed by atoms with van der Waals surface area (Å²) in [5.41, 5.74) is 4.19. The van der Waals surface area contributed by atoms with Crippen molar-refractivity contribution < 1.29 is 4.79 Å². The number of carbonyl (C=O) groups is 1. The van der Waals surface area contributed by atoms with Gasteiger partial charge in [0.1, 0.15) is 0 Å². The Kier molecular flexibility index (Phi) is 6.04. The Balaban J connectivity index is 1.29. The van der Waals surface area contributed by atoms with Crippen LogP contribution < -0.4 is 10.2 Å². The van der Waals surface area contributed by atoms with Gasteiger partial charge in [-0.2, -0.15) is 0 Å². The van der Waals surface area contributed by atoms with Gasteiger partial charge in [-0.3, -0.25) is 9.69 Å². The number of aryl methyl sites for hydroxylation is 2. The molecule has 1 aliphatic rings. The maximum absolute atomic E-state index is 12.3. The number of benzene rings is 2. The lowest BCUT2D eigenvalue weighted by Gasteiger charge is -2.34. The van der Waals surface area contributed by atoms with Gasteiger partial charge < -0.3 is 10.2 Å². The molecule has 1 N–H and O–H groups in total. The highest BCUT2D eigenvalue weighted by Gasteiger charge is 2.20. The molecule has 4 rings (SSSR count). The Morgan fingerprint density at radius 3 is 2.55 bits per heavy atom. The van der Waals surface area contributed by atoms with Gasteiger partial charge in [-0.25, -0.2) is 4.98 Å². The largest absolute Gasteiger partial charge is 0.351 e. The molecular weight excluding hydrogens is 404 g/mol. The standard InChI is InChI=1S/C22H25ClN4OS/c1-15-7-8-16(2)20-19(15)25-22(29-20)27-13-11-26(12-14-27)10-9-24-21(28)17-5-3-4-6-18(17)23/h3-8H,9-14H2,1-2H3,(H,24,28). The number of carbonyl (C=O) groups excluding carboxylic acids is 1. The molecule has 1 aliphatic heterocycles. The zero-order chi connectivity index (χ0) is 20.4. The van der Waals surface area contributed by atoms with E-state index in [0.29, 0.717) is 17.1 Å². The average Bonchev–Trinajstić information content (AvgIpc) is 3.18. The molecule has 0 radical (unpaired) electrons. The topological polar surface area (TPSA) is 48.5 Å². The second-order valence-electron chi connectivity index (χ2n) is 7.44. The minimum atomic E-state index is -0.116. The van der Waals surface area contributed by atoms with Crippen LogP contribution in [0.3, 0.4) is 0 Å². The number of piperazine rings is 1. The third-order valence-corrected chi connectivity index (χ3v) is 6.99. The van der Waals surface area contributed by atoms with Crippen LogP contribution in [-0.4, -0.2) is 55.1 Å². The van der Waals surface area contributed by atoms with Gasteiger partial charge in [-0.05, 0) is 37.1 Å². The van der Waals surface area contributed by atoms with E-state index in [1.165, 1.54) is 15.8 Å². The second-order valence-corrected chi connectivity index (χ2v) is 8.82. The van der Waals surface area contributed by atoms with Gasteiger partial charge in [0.25, 0.3) is 5.91 Å². The molecular formula is C22H25ClN4OS. The number of hydrogen-bond acceptors (Lipinski definition) is 5. The molecule has 29 heavy (non-hydrogen) atoms. The van der Waals surface area contributed by atoms with Crippen LogP contribution >= 0.6 is 22.9 Å². The summed E-state index contributed by atoms with van der Waals surface area (Å²) in [6.07, 6.45) is 0. The lowest BCUT2D eigenvalue weighted by molar-refractivity contribution is 0.0948. The summed E-state index contributed by atoms with van der Waals surface area (Å²) in [6.45, 7) is 9.57. The minimum Gasteiger partial charge on any atom is -0.351 e. The van der Waals surface area contributed by atoms with Crippen LogP contribution in [0.25, 0.3) is 10.2 Å². The Hall–Kier alpha value is -2.15. The van der Waals surface area contributed by atoms with Crippen LogP contribution in [0, 0.1) is 13.8 Å². The van der Waals surface area contributed by atoms with Crippen molar-refractivity contribution in [2.45, 2.75) is 13.8 Å². The van der Waals surface area contributed by atoms with Gasteiger partial charge in [0, 0.05) is 39.3 Å². The number of fused-ring (bicyclic) bond motifs is 1. The maximum atomic E-state index is 12.3. The number of thiazole rings is 1. The summed E-state index contributed by atoms with van der Waals surface area (Å²) in [5, 5.41) is 4.57. The number of nitrogens with one attached hydrogen (secondary N) is 1. The molecule has 152 valence electrons. The maximum Gasteiger partial charge on any atom is 0.252 e. The van der Waals surface area contributed by atoms with Crippen molar-refractivity contribution in [3.8, 4) is 0 Å². The number of aromatic nitrogens is 1. The summed E-state index contributed by atoms with van der Waals surface area (Å²) < 4.78 is 1.30. The van der Waals surface area contributed by atoms with E-state index in [0.717, 1.165) is 43.4 Å². The second kappa shape index (κ2) is 8.69. The molecule has 0 aliphatic carbocycles. The molecule has 2 heterocycles. The first-order chi connectivity index (χ1) is 14.0. The van der Waals surface area contributed by atoms with Gasteiger partial charge in [0.15, 0.2) is 5.13 Å². The molecule has 5 nitrogen and oxygen atoms in total. The Bertz CT molecular complexity index is 988. The molecule has 0 atom stereocenters. The number of rotatable bonds is 5. The van der Waals surface area contributed by atoms with Crippen molar-refractivity contribution in [2.24, 2.45) is 0 Å². The molecule has 0 unspecified atom stereocenters. The van der Waals surface area contributed by atoms with Crippen molar-refractivity contribution in [2.75, 3.05) is 44.2 Å². The van der Waals surface area contributed by atoms with Gasteiger partial charge in [-0.15, -0.1) is 0 Å². The number of nitrogens with zero attached hydrogens (tertiary/aromatic N) is 3. The SMILES string of the molecule is Cc1ccc(C)c2sc(N3CCN(CCNC(=O)c4ccccc4Cl)CC3)nc12. The number of anilines is 1. The fraction of sp³-hybridized carbons (Fsp3) is 0.364. The van der Waals surface area contributed by atoms with Gasteiger partial charge >= 0.3 is 0 Å². The molecule has 3 aromatic rings. The van der Waals surface area contributed by atoms with E-state index >= 15 is 0 Å². The van der Waals surface area contributed by atoms with Gasteiger partial charge in [-0.1, -0.05) is 47.2 Å². The quantitative estimate of drug-likeness (QED) is 0.664. The first kappa shape index (κ1) is 20.1. The first-order valence-electron chi connectivity index (χ1n) is 9.89. The third kappa shape index (κ3) is 4.39. The average molecular weight is 429 g/mol. The van der Waals surface area contributed by atoms with Crippen LogP contribution in [0.2, 0.25) is 5.02 Å². The van der Waals surface area contributed by atoms with Crippen LogP contribution in [0.5, 0.6) is 0 Å². The highest BCUT2D eigenvalue weighted by Crippen LogP contribution is 2.33. The summed E-state index contributed by atoms with van der Waals surface area (Å²) in [7, 11) is 0. The number of amides is 1. The van der Waals surface area contributed by atoms with E-state index in [-0.39, 0.29) is 5.91 Å². The molecule has 2 aromatic carbocycles. The lowest BCUT2D eigenvalue weighted by Crippen LogP contribution is -2.48. The first-order valence-corrected chi connectivity index (χ1v) is 11.1. The lowest BCUT2D eigenvalue weighted by atomic mass is 10.1. The van der Waals surface area contributed by atoms with Crippen LogP contribution in [-0.2, 0) is 0 Å². The summed E-state index contributed by atoms with van der Waals surface area (Å²) in [5.74, 6) is -0.116. The highest BCUT2D eigenvalue weighted by molar-refractivity contribution is 7.22. The van der Waals surface area contributed by atoms with Gasteiger partial charge in [0.05, 0.1) is 20.8 Å². The molecule has 1 amide bonds. The van der Waals surface area contributed by atoms with E-state index in [1.54, 1.807) is 23.5 Å². The van der Waals surface area contributed by atoms with E-state index in [9.17, 15) is 4.79 Å². The van der Waals surface area contributed by atoms with E-state index in [1.807, 2.05) is 12.1 Å². The number of hydrogen-bond donors (Lipinski definition) is 1. The summed E-state index contributed by atoms with van der Waals surface area (Å²) in [6, 6.07) is 11.5. The van der Waals surface area contributed by atoms with Crippen LogP contribution in [0.4, 0.5) is 5.13 Å². The van der Waals surface area contributed by atoms with Crippen LogP contribution in [0.15, 0.2) is 36.4 Å². The minimum absolute atomic E-state index is 0.116. The summed E-state index contributed by atoms with van der Waals surface area (Å²) >= 11 is 7.88. The van der Waals surface area contributed by atoms with E-state index in [4.69, 9.17) is 16.6 Å². The van der Waals surface area contributed by atoms with Crippen molar-refractivity contribution >= 4 is 44.2 Å². The Labute approximate surface area is 180 Å². The fourth-order valence-corrected chi connectivity index (χ4v) is 5.00. The van der Waals surface area contributed by atoms with Crippen LogP contribution in [0.1, 0.15) is 21.5 Å². The molecule has 1 aromatic heterocycles.